The molecule has 1 amide bonds. The van der Waals surface area contributed by atoms with Gasteiger partial charge in [0.15, 0.2) is 0 Å². The number of nitrogens with two attached hydrogens (primary N) is 1. The molecule has 2 saturated heterocycles. The maximum atomic E-state index is 12.4. The van der Waals surface area contributed by atoms with E-state index in [0.717, 1.165) is 27.5 Å². The Hall–Kier alpha value is -1.98. The lowest BCUT2D eigenvalue weighted by atomic mass is 9.95. The normalized spacial score (nSPS) is 24.9. The van der Waals surface area contributed by atoms with Gasteiger partial charge in [0.1, 0.15) is 0 Å². The SMILES string of the molecule is Nc1ccc(Sc2ccc(C(=O)NC3CC4CCC3N4)cc2)cc1. The monoisotopic (exact) mass is 339 g/mol. The maximum Gasteiger partial charge on any atom is 0.251 e. The van der Waals surface area contributed by atoms with Gasteiger partial charge in [-0.25, -0.2) is 0 Å². The van der Waals surface area contributed by atoms with Gasteiger partial charge in [-0.05, 0) is 67.8 Å². The standard InChI is InChI=1S/C19H21N3OS/c20-13-3-8-16(9-4-13)24-15-6-1-12(2-7-15)19(23)22-18-11-14-5-10-17(18)21-14/h1-4,6-9,14,17-18,21H,5,10-11,20H2,(H,22,23). The van der Waals surface area contributed by atoms with Crippen LogP contribution in [-0.2, 0) is 0 Å². The molecule has 0 spiro atoms. The van der Waals surface area contributed by atoms with Crippen molar-refractivity contribution in [3.8, 4) is 0 Å². The van der Waals surface area contributed by atoms with Crippen LogP contribution in [0.4, 0.5) is 5.69 Å². The molecule has 4 rings (SSSR count). The van der Waals surface area contributed by atoms with E-state index in [0.29, 0.717) is 12.1 Å². The minimum Gasteiger partial charge on any atom is -0.399 e. The molecule has 3 atom stereocenters. The lowest BCUT2D eigenvalue weighted by Gasteiger charge is -2.21. The smallest absolute Gasteiger partial charge is 0.251 e. The van der Waals surface area contributed by atoms with Crippen LogP contribution >= 0.6 is 11.8 Å². The molecule has 2 aromatic rings. The van der Waals surface area contributed by atoms with Gasteiger partial charge in [0.2, 0.25) is 0 Å². The van der Waals surface area contributed by atoms with Gasteiger partial charge in [-0.1, -0.05) is 11.8 Å². The van der Waals surface area contributed by atoms with Crippen molar-refractivity contribution in [3.63, 3.8) is 0 Å². The Balaban J connectivity index is 1.38. The highest BCUT2D eigenvalue weighted by atomic mass is 32.2. The molecule has 2 fully saturated rings. The molecule has 2 aromatic carbocycles. The van der Waals surface area contributed by atoms with Crippen molar-refractivity contribution in [2.45, 2.75) is 47.2 Å². The fourth-order valence-corrected chi connectivity index (χ4v) is 4.40. The number of anilines is 1. The van der Waals surface area contributed by atoms with E-state index in [1.54, 1.807) is 11.8 Å². The number of hydrogen-bond acceptors (Lipinski definition) is 4. The first kappa shape index (κ1) is 15.5. The summed E-state index contributed by atoms with van der Waals surface area (Å²) in [5, 5.41) is 6.73. The van der Waals surface area contributed by atoms with Gasteiger partial charge in [0.25, 0.3) is 5.91 Å². The number of nitrogens with one attached hydrogen (secondary N) is 2. The van der Waals surface area contributed by atoms with Crippen LogP contribution in [0.15, 0.2) is 58.3 Å². The molecule has 5 heteroatoms. The largest absolute Gasteiger partial charge is 0.399 e. The molecule has 124 valence electrons. The number of rotatable bonds is 4. The number of amides is 1. The first-order chi connectivity index (χ1) is 11.7. The molecule has 2 aliphatic heterocycles. The van der Waals surface area contributed by atoms with Gasteiger partial charge in [0, 0.05) is 39.2 Å². The summed E-state index contributed by atoms with van der Waals surface area (Å²) in [5.41, 5.74) is 7.19. The zero-order valence-electron chi connectivity index (χ0n) is 13.4. The van der Waals surface area contributed by atoms with Crippen LogP contribution in [0.2, 0.25) is 0 Å². The first-order valence-corrected chi connectivity index (χ1v) is 9.19. The van der Waals surface area contributed by atoms with Crippen LogP contribution in [0.1, 0.15) is 29.6 Å². The van der Waals surface area contributed by atoms with E-state index in [1.165, 1.54) is 12.8 Å². The second-order valence-corrected chi connectivity index (χ2v) is 7.71. The molecule has 2 aliphatic rings. The van der Waals surface area contributed by atoms with Gasteiger partial charge in [-0.15, -0.1) is 0 Å². The Kier molecular flexibility index (Phi) is 4.21. The molecule has 0 radical (unpaired) electrons. The van der Waals surface area contributed by atoms with E-state index >= 15 is 0 Å². The Bertz CT molecular complexity index is 729. The third kappa shape index (κ3) is 3.28. The second-order valence-electron chi connectivity index (χ2n) is 6.56. The first-order valence-electron chi connectivity index (χ1n) is 8.38. The summed E-state index contributed by atoms with van der Waals surface area (Å²) in [6.07, 6.45) is 3.47. The van der Waals surface area contributed by atoms with E-state index < -0.39 is 0 Å². The molecule has 4 N–H and O–H groups in total. The van der Waals surface area contributed by atoms with E-state index in [2.05, 4.69) is 10.6 Å². The average Bonchev–Trinajstić information content (AvgIpc) is 3.20. The number of fused-ring (bicyclic) bond motifs is 2. The van der Waals surface area contributed by atoms with Gasteiger partial charge in [-0.3, -0.25) is 4.79 Å². The molecular weight excluding hydrogens is 318 g/mol. The maximum absolute atomic E-state index is 12.4. The second kappa shape index (κ2) is 6.49. The van der Waals surface area contributed by atoms with Crippen molar-refractivity contribution >= 4 is 23.4 Å². The zero-order chi connectivity index (χ0) is 16.5. The quantitative estimate of drug-likeness (QED) is 0.749. The van der Waals surface area contributed by atoms with Crippen LogP contribution < -0.4 is 16.4 Å². The van der Waals surface area contributed by atoms with Crippen molar-refractivity contribution in [2.24, 2.45) is 0 Å². The Morgan fingerprint density at radius 2 is 1.71 bits per heavy atom. The van der Waals surface area contributed by atoms with Gasteiger partial charge in [-0.2, -0.15) is 0 Å². The van der Waals surface area contributed by atoms with Crippen molar-refractivity contribution in [2.75, 3.05) is 5.73 Å². The summed E-state index contributed by atoms with van der Waals surface area (Å²) in [6, 6.07) is 16.9. The van der Waals surface area contributed by atoms with Crippen molar-refractivity contribution in [1.29, 1.82) is 0 Å². The predicted molar refractivity (Wildman–Crippen MR) is 97.2 cm³/mol. The molecule has 0 aromatic heterocycles. The molecular formula is C19H21N3OS. The van der Waals surface area contributed by atoms with Gasteiger partial charge in [0.05, 0.1) is 0 Å². The molecule has 0 saturated carbocycles. The zero-order valence-corrected chi connectivity index (χ0v) is 14.2. The van der Waals surface area contributed by atoms with Crippen LogP contribution in [-0.4, -0.2) is 24.0 Å². The van der Waals surface area contributed by atoms with E-state index in [1.807, 2.05) is 48.5 Å². The summed E-state index contributed by atoms with van der Waals surface area (Å²) in [7, 11) is 0. The topological polar surface area (TPSA) is 67.2 Å². The average molecular weight is 339 g/mol. The number of benzene rings is 2. The molecule has 0 aliphatic carbocycles. The lowest BCUT2D eigenvalue weighted by Crippen LogP contribution is -2.42. The Labute approximate surface area is 146 Å². The molecule has 3 unspecified atom stereocenters. The van der Waals surface area contributed by atoms with Crippen molar-refractivity contribution in [1.82, 2.24) is 10.6 Å². The summed E-state index contributed by atoms with van der Waals surface area (Å²) in [5.74, 6) is 0.0263. The molecule has 2 bridgehead atoms. The number of carbonyl (C=O) groups is 1. The molecule has 4 nitrogen and oxygen atoms in total. The Morgan fingerprint density at radius 1 is 1.04 bits per heavy atom. The minimum absolute atomic E-state index is 0.0263. The number of hydrogen-bond donors (Lipinski definition) is 3. The summed E-state index contributed by atoms with van der Waals surface area (Å²) < 4.78 is 0. The van der Waals surface area contributed by atoms with Gasteiger partial charge < -0.3 is 16.4 Å². The van der Waals surface area contributed by atoms with Crippen molar-refractivity contribution < 1.29 is 4.79 Å². The minimum atomic E-state index is 0.0263. The predicted octanol–water partition coefficient (Wildman–Crippen LogP) is 3.04. The molecule has 24 heavy (non-hydrogen) atoms. The van der Waals surface area contributed by atoms with E-state index in [-0.39, 0.29) is 11.9 Å². The molecule has 2 heterocycles. The fourth-order valence-electron chi connectivity index (χ4n) is 3.58. The lowest BCUT2D eigenvalue weighted by molar-refractivity contribution is 0.0931. The summed E-state index contributed by atoms with van der Waals surface area (Å²) >= 11 is 1.66. The van der Waals surface area contributed by atoms with Crippen molar-refractivity contribution in [3.05, 3.63) is 54.1 Å². The summed E-state index contributed by atoms with van der Waals surface area (Å²) in [4.78, 5) is 14.7. The van der Waals surface area contributed by atoms with Crippen LogP contribution in [0.5, 0.6) is 0 Å². The van der Waals surface area contributed by atoms with E-state index in [9.17, 15) is 4.79 Å². The fraction of sp³-hybridized carbons (Fsp3) is 0.316. The number of nitrogen functional groups attached to an aromatic ring is 1. The Morgan fingerprint density at radius 3 is 2.29 bits per heavy atom. The summed E-state index contributed by atoms with van der Waals surface area (Å²) in [6.45, 7) is 0. The van der Waals surface area contributed by atoms with Crippen LogP contribution in [0, 0.1) is 0 Å². The highest BCUT2D eigenvalue weighted by Crippen LogP contribution is 2.29. The third-order valence-electron chi connectivity index (χ3n) is 4.85. The van der Waals surface area contributed by atoms with Crippen LogP contribution in [0.25, 0.3) is 0 Å². The number of carbonyl (C=O) groups excluding carboxylic acids is 1. The van der Waals surface area contributed by atoms with Crippen LogP contribution in [0.3, 0.4) is 0 Å². The highest BCUT2D eigenvalue weighted by Gasteiger charge is 2.39. The van der Waals surface area contributed by atoms with Gasteiger partial charge >= 0.3 is 0 Å². The third-order valence-corrected chi connectivity index (χ3v) is 5.86. The van der Waals surface area contributed by atoms with E-state index in [4.69, 9.17) is 5.73 Å². The highest BCUT2D eigenvalue weighted by molar-refractivity contribution is 7.99.